The molecule has 0 atom stereocenters. The summed E-state index contributed by atoms with van der Waals surface area (Å²) >= 11 is 1.59. The maximum Gasteiger partial charge on any atom is 0.271 e. The standard InChI is InChI=1S/C19H19N5O2S/c1-24-13-21-23-19(24)27-12-14-6-8-16(9-7-14)18(25)22-20-11-15-4-3-5-17(10-15)26-2/h3-11,13H,12H2,1-2H3,(H,22,25)/b20-11+. The Morgan fingerprint density at radius 1 is 1.30 bits per heavy atom. The SMILES string of the molecule is COc1cccc(/C=N/NC(=O)c2ccc(CSc3nncn3C)cc2)c1. The molecule has 3 aromatic rings. The lowest BCUT2D eigenvalue weighted by molar-refractivity contribution is 0.0955. The van der Waals surface area contributed by atoms with E-state index in [4.69, 9.17) is 4.74 Å². The second kappa shape index (κ2) is 9.00. The van der Waals surface area contributed by atoms with Gasteiger partial charge in [0, 0.05) is 18.4 Å². The van der Waals surface area contributed by atoms with Crippen LogP contribution in [0.4, 0.5) is 0 Å². The monoisotopic (exact) mass is 381 g/mol. The zero-order valence-electron chi connectivity index (χ0n) is 15.0. The molecule has 7 nitrogen and oxygen atoms in total. The quantitative estimate of drug-likeness (QED) is 0.387. The third-order valence-corrected chi connectivity index (χ3v) is 4.83. The summed E-state index contributed by atoms with van der Waals surface area (Å²) in [6.45, 7) is 0. The van der Waals surface area contributed by atoms with Gasteiger partial charge in [-0.15, -0.1) is 10.2 Å². The van der Waals surface area contributed by atoms with E-state index in [1.165, 1.54) is 0 Å². The third-order valence-electron chi connectivity index (χ3n) is 3.73. The minimum Gasteiger partial charge on any atom is -0.497 e. The number of nitrogens with zero attached hydrogens (tertiary/aromatic N) is 4. The molecule has 1 aromatic heterocycles. The second-order valence-corrected chi connectivity index (χ2v) is 6.63. The van der Waals surface area contributed by atoms with Gasteiger partial charge in [-0.2, -0.15) is 5.10 Å². The number of carbonyl (C=O) groups excluding carboxylic acids is 1. The maximum atomic E-state index is 12.2. The Morgan fingerprint density at radius 2 is 2.11 bits per heavy atom. The first kappa shape index (κ1) is 18.7. The van der Waals surface area contributed by atoms with Gasteiger partial charge in [-0.05, 0) is 35.4 Å². The lowest BCUT2D eigenvalue weighted by Gasteiger charge is -2.04. The number of hydrogen-bond donors (Lipinski definition) is 1. The van der Waals surface area contributed by atoms with Crippen molar-refractivity contribution < 1.29 is 9.53 Å². The van der Waals surface area contributed by atoms with Crippen molar-refractivity contribution in [3.63, 3.8) is 0 Å². The first-order valence-corrected chi connectivity index (χ1v) is 9.17. The third kappa shape index (κ3) is 5.18. The van der Waals surface area contributed by atoms with Gasteiger partial charge in [0.15, 0.2) is 5.16 Å². The Hall–Kier alpha value is -3.13. The van der Waals surface area contributed by atoms with Crippen molar-refractivity contribution in [3.05, 3.63) is 71.5 Å². The fourth-order valence-corrected chi connectivity index (χ4v) is 3.10. The van der Waals surface area contributed by atoms with Gasteiger partial charge < -0.3 is 9.30 Å². The molecule has 2 aromatic carbocycles. The lowest BCUT2D eigenvalue weighted by atomic mass is 10.1. The molecule has 8 heteroatoms. The maximum absolute atomic E-state index is 12.2. The zero-order chi connectivity index (χ0) is 19.1. The van der Waals surface area contributed by atoms with Gasteiger partial charge >= 0.3 is 0 Å². The van der Waals surface area contributed by atoms with Crippen LogP contribution in [0.15, 0.2) is 65.1 Å². The molecule has 27 heavy (non-hydrogen) atoms. The number of hydrazone groups is 1. The molecule has 0 bridgehead atoms. The van der Waals surface area contributed by atoms with Crippen LogP contribution in [0, 0.1) is 0 Å². The molecule has 0 aliphatic carbocycles. The predicted octanol–water partition coefficient (Wildman–Crippen LogP) is 2.88. The van der Waals surface area contributed by atoms with E-state index in [0.717, 1.165) is 27.8 Å². The summed E-state index contributed by atoms with van der Waals surface area (Å²) in [6.07, 6.45) is 3.24. The molecular formula is C19H19N5O2S. The summed E-state index contributed by atoms with van der Waals surface area (Å²) in [5.74, 6) is 1.23. The van der Waals surface area contributed by atoms with Gasteiger partial charge in [0.1, 0.15) is 12.1 Å². The van der Waals surface area contributed by atoms with E-state index in [2.05, 4.69) is 20.7 Å². The molecule has 1 amide bonds. The molecule has 0 spiro atoms. The molecule has 0 saturated carbocycles. The van der Waals surface area contributed by atoms with Gasteiger partial charge in [-0.3, -0.25) is 4.79 Å². The van der Waals surface area contributed by atoms with Crippen LogP contribution in [0.5, 0.6) is 5.75 Å². The normalized spacial score (nSPS) is 10.9. The number of aryl methyl sites for hydroxylation is 1. The Labute approximate surface area is 161 Å². The Morgan fingerprint density at radius 3 is 2.81 bits per heavy atom. The lowest BCUT2D eigenvalue weighted by Crippen LogP contribution is -2.17. The number of aromatic nitrogens is 3. The average molecular weight is 381 g/mol. The molecule has 0 saturated heterocycles. The smallest absolute Gasteiger partial charge is 0.271 e. The summed E-state index contributed by atoms with van der Waals surface area (Å²) in [6, 6.07) is 14.8. The fourth-order valence-electron chi connectivity index (χ4n) is 2.26. The fraction of sp³-hybridized carbons (Fsp3) is 0.158. The number of benzene rings is 2. The topological polar surface area (TPSA) is 81.4 Å². The van der Waals surface area contributed by atoms with E-state index in [9.17, 15) is 4.79 Å². The molecule has 138 valence electrons. The molecule has 0 unspecified atom stereocenters. The number of methoxy groups -OCH3 is 1. The van der Waals surface area contributed by atoms with Crippen LogP contribution in [-0.2, 0) is 12.8 Å². The van der Waals surface area contributed by atoms with Crippen molar-refractivity contribution in [1.82, 2.24) is 20.2 Å². The highest BCUT2D eigenvalue weighted by Crippen LogP contribution is 2.20. The number of hydrogen-bond acceptors (Lipinski definition) is 6. The Balaban J connectivity index is 1.54. The summed E-state index contributed by atoms with van der Waals surface area (Å²) in [4.78, 5) is 12.2. The number of rotatable bonds is 7. The van der Waals surface area contributed by atoms with Gasteiger partial charge in [0.05, 0.1) is 13.3 Å². The van der Waals surface area contributed by atoms with E-state index in [1.807, 2.05) is 48.0 Å². The summed E-state index contributed by atoms with van der Waals surface area (Å²) < 4.78 is 7.02. The van der Waals surface area contributed by atoms with Crippen molar-refractivity contribution in [3.8, 4) is 5.75 Å². The highest BCUT2D eigenvalue weighted by molar-refractivity contribution is 7.98. The average Bonchev–Trinajstić information content (AvgIpc) is 3.11. The Bertz CT molecular complexity index is 937. The van der Waals surface area contributed by atoms with Crippen molar-refractivity contribution in [1.29, 1.82) is 0 Å². The van der Waals surface area contributed by atoms with Crippen LogP contribution >= 0.6 is 11.8 Å². The minimum absolute atomic E-state index is 0.262. The number of ether oxygens (including phenoxy) is 1. The van der Waals surface area contributed by atoms with E-state index in [-0.39, 0.29) is 5.91 Å². The van der Waals surface area contributed by atoms with Crippen LogP contribution in [0.3, 0.4) is 0 Å². The van der Waals surface area contributed by atoms with E-state index in [0.29, 0.717) is 5.56 Å². The molecular weight excluding hydrogens is 362 g/mol. The zero-order valence-corrected chi connectivity index (χ0v) is 15.8. The highest BCUT2D eigenvalue weighted by atomic mass is 32.2. The van der Waals surface area contributed by atoms with Gasteiger partial charge in [-0.1, -0.05) is 36.0 Å². The number of thioether (sulfide) groups is 1. The molecule has 1 heterocycles. The summed E-state index contributed by atoms with van der Waals surface area (Å²) in [5.41, 5.74) is 5.01. The molecule has 0 aliphatic rings. The van der Waals surface area contributed by atoms with E-state index >= 15 is 0 Å². The van der Waals surface area contributed by atoms with Gasteiger partial charge in [0.25, 0.3) is 5.91 Å². The van der Waals surface area contributed by atoms with Crippen molar-refractivity contribution >= 4 is 23.9 Å². The molecule has 0 fully saturated rings. The summed E-state index contributed by atoms with van der Waals surface area (Å²) in [5, 5.41) is 12.7. The Kier molecular flexibility index (Phi) is 6.22. The van der Waals surface area contributed by atoms with Gasteiger partial charge in [0.2, 0.25) is 0 Å². The molecule has 3 rings (SSSR count). The minimum atomic E-state index is -0.262. The second-order valence-electron chi connectivity index (χ2n) is 5.69. The first-order valence-electron chi connectivity index (χ1n) is 8.19. The number of carbonyl (C=O) groups is 1. The van der Waals surface area contributed by atoms with Crippen LogP contribution in [0.1, 0.15) is 21.5 Å². The van der Waals surface area contributed by atoms with Gasteiger partial charge in [-0.25, -0.2) is 5.43 Å². The largest absolute Gasteiger partial charge is 0.497 e. The van der Waals surface area contributed by atoms with Crippen molar-refractivity contribution in [2.75, 3.05) is 7.11 Å². The number of amides is 1. The highest BCUT2D eigenvalue weighted by Gasteiger charge is 2.06. The molecule has 0 aliphatic heterocycles. The number of nitrogens with one attached hydrogen (secondary N) is 1. The first-order chi connectivity index (χ1) is 13.2. The van der Waals surface area contributed by atoms with E-state index in [1.54, 1.807) is 43.5 Å². The summed E-state index contributed by atoms with van der Waals surface area (Å²) in [7, 11) is 3.51. The van der Waals surface area contributed by atoms with Crippen molar-refractivity contribution in [2.24, 2.45) is 12.1 Å². The van der Waals surface area contributed by atoms with Crippen LogP contribution in [-0.4, -0.2) is 34.0 Å². The van der Waals surface area contributed by atoms with Crippen molar-refractivity contribution in [2.45, 2.75) is 10.9 Å². The van der Waals surface area contributed by atoms with Crippen LogP contribution < -0.4 is 10.2 Å². The van der Waals surface area contributed by atoms with Crippen LogP contribution in [0.25, 0.3) is 0 Å². The van der Waals surface area contributed by atoms with Crippen LogP contribution in [0.2, 0.25) is 0 Å². The predicted molar refractivity (Wildman–Crippen MR) is 105 cm³/mol. The van der Waals surface area contributed by atoms with E-state index < -0.39 is 0 Å². The molecule has 0 radical (unpaired) electrons. The molecule has 1 N–H and O–H groups in total.